The van der Waals surface area contributed by atoms with E-state index < -0.39 is 0 Å². The molecule has 0 radical (unpaired) electrons. The first-order valence-electron chi connectivity index (χ1n) is 0.352. The zero-order chi connectivity index (χ0) is 4.00. The van der Waals surface area contributed by atoms with Crippen LogP contribution in [-0.2, 0) is 24.3 Å². The maximum absolute atomic E-state index is 8.50. The van der Waals surface area contributed by atoms with E-state index in [2.05, 4.69) is 0 Å². The summed E-state index contributed by atoms with van der Waals surface area (Å²) < 4.78 is 16.9. The summed E-state index contributed by atoms with van der Waals surface area (Å²) in [7, 11) is 0. The van der Waals surface area contributed by atoms with Crippen molar-refractivity contribution in [3.8, 4) is 0 Å². The molecule has 0 rings (SSSR count). The van der Waals surface area contributed by atoms with Crippen molar-refractivity contribution < 1.29 is 68.0 Å². The molecule has 6 heavy (non-hydrogen) atoms. The molecule has 0 aliphatic heterocycles. The Morgan fingerprint density at radius 1 is 1.50 bits per heavy atom. The second kappa shape index (κ2) is 47.6. The van der Waals surface area contributed by atoms with E-state index in [1.165, 1.54) is 0 Å². The van der Waals surface area contributed by atoms with Crippen LogP contribution in [0.15, 0.2) is 0 Å². The molecule has 0 unspecified atom stereocenters. The Balaban J connectivity index is -0.00000000114. The molecule has 0 bridgehead atoms. The van der Waals surface area contributed by atoms with Crippen LogP contribution in [0.25, 0.3) is 0 Å². The molecule has 0 amide bonds. The third-order valence-electron chi connectivity index (χ3n) is 0. The van der Waals surface area contributed by atoms with Gasteiger partial charge in [0.15, 0.2) is 0 Å². The van der Waals surface area contributed by atoms with E-state index in [0.29, 0.717) is 0 Å². The summed E-state index contributed by atoms with van der Waals surface area (Å²) in [4.78, 5) is 0. The summed E-state index contributed by atoms with van der Waals surface area (Å²) in [5, 5.41) is 5.50. The molecule has 0 heterocycles. The molecule has 0 aliphatic rings. The zero-order valence-electron chi connectivity index (χ0n) is 6.39. The SMILES string of the molecule is OF.[Ca+2].[H-].[H-].[H-].[Na+].[O]=[Ta]. The van der Waals surface area contributed by atoms with Crippen molar-refractivity contribution in [3.05, 3.63) is 0 Å². The van der Waals surface area contributed by atoms with Crippen LogP contribution in [-0.4, -0.2) is 43.0 Å². The summed E-state index contributed by atoms with van der Waals surface area (Å²) in [6.07, 6.45) is 0. The third-order valence-corrected chi connectivity index (χ3v) is 0. The molecule has 0 aromatic carbocycles. The number of rotatable bonds is 0. The van der Waals surface area contributed by atoms with Crippen LogP contribution in [0, 0.1) is 0 Å². The van der Waals surface area contributed by atoms with Crippen molar-refractivity contribution in [1.29, 1.82) is 0 Å². The average molecular weight is 299 g/mol. The monoisotopic (exact) mass is 299 g/mol. The van der Waals surface area contributed by atoms with Crippen LogP contribution in [0.1, 0.15) is 4.28 Å². The molecule has 6 heteroatoms. The van der Waals surface area contributed by atoms with Crippen LogP contribution < -0.4 is 29.6 Å². The Bertz CT molecular complexity index is 21.8. The Labute approximate surface area is 104 Å². The van der Waals surface area contributed by atoms with E-state index in [9.17, 15) is 0 Å². The third kappa shape index (κ3) is 29.9. The van der Waals surface area contributed by atoms with Crippen LogP contribution >= 0.6 is 0 Å². The van der Waals surface area contributed by atoms with Gasteiger partial charge in [0.25, 0.3) is 0 Å². The van der Waals surface area contributed by atoms with E-state index >= 15 is 0 Å². The standard InChI is InChI=1S/Ca.FHO.Na.O.Ta.3H/c;1-2;;;;;;/h;2H;;;;;;/q+2;;+1;;;3*-1. The molecule has 0 atom stereocenters. The van der Waals surface area contributed by atoms with Crippen molar-refractivity contribution in [2.75, 3.05) is 0 Å². The van der Waals surface area contributed by atoms with Gasteiger partial charge in [0.2, 0.25) is 0 Å². The molecule has 0 aliphatic carbocycles. The molecule has 0 fully saturated rings. The van der Waals surface area contributed by atoms with Gasteiger partial charge in [-0.05, 0) is 0 Å². The van der Waals surface area contributed by atoms with E-state index in [0.717, 1.165) is 0 Å². The van der Waals surface area contributed by atoms with Crippen LogP contribution in [0.4, 0.5) is 4.53 Å². The van der Waals surface area contributed by atoms with Crippen molar-refractivity contribution >= 4 is 37.7 Å². The normalized spacial score (nSPS) is 1.50. The first-order chi connectivity index (χ1) is 2.00. The minimum atomic E-state index is 0. The van der Waals surface area contributed by atoms with Gasteiger partial charge in [-0.1, -0.05) is 4.53 Å². The van der Waals surface area contributed by atoms with Crippen LogP contribution in [0.5, 0.6) is 0 Å². The average Bonchev–Trinajstić information content (AvgIpc) is 1.50. The predicted octanol–water partition coefficient (Wildman–Crippen LogP) is -3.30. The number of hydrogen-bond acceptors (Lipinski definition) is 2. The van der Waals surface area contributed by atoms with Crippen LogP contribution in [0.3, 0.4) is 0 Å². The molecular formula is H4CaFNaO2Ta. The molecule has 0 spiro atoms. The minimum absolute atomic E-state index is 0. The van der Waals surface area contributed by atoms with E-state index in [-0.39, 0.29) is 92.6 Å². The maximum atomic E-state index is 8.50. The fraction of sp³-hybridized carbons (Fsp3) is 0. The first kappa shape index (κ1) is 23.4. The molecular weight excluding hydrogens is 295 g/mol. The topological polar surface area (TPSA) is 37.3 Å². The molecule has 1 N–H and O–H groups in total. The van der Waals surface area contributed by atoms with E-state index in [1.807, 2.05) is 0 Å². The second-order valence-electron chi connectivity index (χ2n) is 0. The Hall–Kier alpha value is 2.69. The van der Waals surface area contributed by atoms with Crippen molar-refractivity contribution in [2.45, 2.75) is 0 Å². The fourth-order valence-electron chi connectivity index (χ4n) is 0. The number of hydrogen-bond donors (Lipinski definition) is 1. The van der Waals surface area contributed by atoms with Gasteiger partial charge in [-0.25, -0.2) is 5.31 Å². The molecule has 0 saturated carbocycles. The zero-order valence-corrected chi connectivity index (χ0v) is 10.8. The first-order valence-corrected chi connectivity index (χ1v) is 1.66. The van der Waals surface area contributed by atoms with Gasteiger partial charge in [-0.2, -0.15) is 0 Å². The molecule has 0 aromatic heterocycles. The molecule has 31 valence electrons. The van der Waals surface area contributed by atoms with Gasteiger partial charge in [0, 0.05) is 0 Å². The quantitative estimate of drug-likeness (QED) is 0.476. The Kier molecular flexibility index (Phi) is 185. The van der Waals surface area contributed by atoms with Gasteiger partial charge in [0.05, 0.1) is 0 Å². The van der Waals surface area contributed by atoms with Gasteiger partial charge in [0.1, 0.15) is 0 Å². The molecule has 0 saturated heterocycles. The van der Waals surface area contributed by atoms with Crippen molar-refractivity contribution in [1.82, 2.24) is 0 Å². The molecule has 2 nitrogen and oxygen atoms in total. The van der Waals surface area contributed by atoms with E-state index in [4.69, 9.17) is 13.1 Å². The Morgan fingerprint density at radius 2 is 1.50 bits per heavy atom. The van der Waals surface area contributed by atoms with Gasteiger partial charge in [-0.3, -0.25) is 0 Å². The molecule has 0 aromatic rings. The second-order valence-corrected chi connectivity index (χ2v) is 0. The van der Waals surface area contributed by atoms with Crippen molar-refractivity contribution in [2.24, 2.45) is 0 Å². The summed E-state index contributed by atoms with van der Waals surface area (Å²) in [6.45, 7) is 0. The summed E-state index contributed by atoms with van der Waals surface area (Å²) in [6, 6.07) is 0. The summed E-state index contributed by atoms with van der Waals surface area (Å²) in [5.41, 5.74) is 0. The van der Waals surface area contributed by atoms with Gasteiger partial charge >= 0.3 is 91.6 Å². The summed E-state index contributed by atoms with van der Waals surface area (Å²) in [5.74, 6) is 0. The number of halogens is 1. The van der Waals surface area contributed by atoms with E-state index in [1.54, 1.807) is 0 Å². The van der Waals surface area contributed by atoms with Gasteiger partial charge < -0.3 is 4.28 Å². The van der Waals surface area contributed by atoms with Gasteiger partial charge in [-0.15, -0.1) is 0 Å². The fourth-order valence-corrected chi connectivity index (χ4v) is 0. The van der Waals surface area contributed by atoms with Crippen molar-refractivity contribution in [3.63, 3.8) is 0 Å². The Morgan fingerprint density at radius 3 is 1.50 bits per heavy atom. The summed E-state index contributed by atoms with van der Waals surface area (Å²) >= 11 is 0.194. The van der Waals surface area contributed by atoms with Crippen LogP contribution in [0.2, 0.25) is 0 Å². The predicted molar refractivity (Wildman–Crippen MR) is 13.1 cm³/mol.